The molecule has 0 radical (unpaired) electrons. The van der Waals surface area contributed by atoms with Crippen LogP contribution in [0.15, 0.2) is 12.1 Å². The van der Waals surface area contributed by atoms with E-state index in [1.54, 1.807) is 7.11 Å². The van der Waals surface area contributed by atoms with Gasteiger partial charge in [-0.1, -0.05) is 0 Å². The Morgan fingerprint density at radius 1 is 1.00 bits per heavy atom. The van der Waals surface area contributed by atoms with Gasteiger partial charge in [0.1, 0.15) is 0 Å². The van der Waals surface area contributed by atoms with Crippen molar-refractivity contribution in [3.63, 3.8) is 0 Å². The number of unbranched alkanes of at least 4 members (excludes halogenated alkanes) is 3. The zero-order chi connectivity index (χ0) is 17.1. The topological polar surface area (TPSA) is 39.2 Å². The Balaban J connectivity index is 3.35. The zero-order valence-corrected chi connectivity index (χ0v) is 18.2. The SMILES string of the molecule is CCC[CH2][Sn]([CH2]CCC)([CH2]CCC)[c]1nc(OC)ccc1C=O. The summed E-state index contributed by atoms with van der Waals surface area (Å²) in [6, 6.07) is 3.74. The number of methoxy groups -OCH3 is 1. The van der Waals surface area contributed by atoms with Crippen molar-refractivity contribution in [3.8, 4) is 5.88 Å². The minimum atomic E-state index is -2.68. The van der Waals surface area contributed by atoms with Crippen molar-refractivity contribution in [2.24, 2.45) is 0 Å². The van der Waals surface area contributed by atoms with E-state index in [9.17, 15) is 4.79 Å². The first-order chi connectivity index (χ1) is 11.2. The van der Waals surface area contributed by atoms with Gasteiger partial charge in [-0.05, 0) is 0 Å². The Hall–Kier alpha value is -0.581. The van der Waals surface area contributed by atoms with Crippen LogP contribution in [-0.2, 0) is 0 Å². The first kappa shape index (κ1) is 20.5. The fourth-order valence-electron chi connectivity index (χ4n) is 3.36. The monoisotopic (exact) mass is 427 g/mol. The Kier molecular flexibility index (Phi) is 9.84. The van der Waals surface area contributed by atoms with Crippen molar-refractivity contribution < 1.29 is 9.53 Å². The van der Waals surface area contributed by atoms with Crippen molar-refractivity contribution in [1.82, 2.24) is 4.98 Å². The number of nitrogens with zero attached hydrogens (tertiary/aromatic N) is 1. The molecule has 0 aromatic carbocycles. The predicted molar refractivity (Wildman–Crippen MR) is 101 cm³/mol. The minimum absolute atomic E-state index is 0.663. The summed E-state index contributed by atoms with van der Waals surface area (Å²) in [6.07, 6.45) is 8.46. The molecule has 0 aliphatic heterocycles. The van der Waals surface area contributed by atoms with Gasteiger partial charge in [0.05, 0.1) is 0 Å². The van der Waals surface area contributed by atoms with Crippen LogP contribution in [0.1, 0.15) is 69.7 Å². The van der Waals surface area contributed by atoms with Crippen LogP contribution in [0.4, 0.5) is 0 Å². The molecule has 0 aliphatic rings. The van der Waals surface area contributed by atoms with E-state index in [2.05, 4.69) is 20.8 Å². The third-order valence-corrected chi connectivity index (χ3v) is 20.0. The normalized spacial score (nSPS) is 11.5. The second kappa shape index (κ2) is 11.1. The van der Waals surface area contributed by atoms with Gasteiger partial charge in [0, 0.05) is 0 Å². The summed E-state index contributed by atoms with van der Waals surface area (Å²) in [4.78, 5) is 16.5. The molecule has 1 aromatic rings. The van der Waals surface area contributed by atoms with Crippen molar-refractivity contribution >= 4 is 28.4 Å². The third-order valence-electron chi connectivity index (χ3n) is 4.77. The van der Waals surface area contributed by atoms with Gasteiger partial charge in [-0.25, -0.2) is 0 Å². The number of carbonyl (C=O) groups excluding carboxylic acids is 1. The fourth-order valence-corrected chi connectivity index (χ4v) is 19.5. The molecule has 0 fully saturated rings. The summed E-state index contributed by atoms with van der Waals surface area (Å²) >= 11 is -2.68. The maximum absolute atomic E-state index is 11.6. The van der Waals surface area contributed by atoms with Crippen LogP contribution in [-0.4, -0.2) is 36.8 Å². The first-order valence-electron chi connectivity index (χ1n) is 9.18. The van der Waals surface area contributed by atoms with E-state index in [1.807, 2.05) is 12.1 Å². The molecule has 0 saturated heterocycles. The maximum atomic E-state index is 11.6. The van der Waals surface area contributed by atoms with Crippen LogP contribution in [0.5, 0.6) is 5.88 Å². The number of rotatable bonds is 12. The van der Waals surface area contributed by atoms with Crippen molar-refractivity contribution in [2.75, 3.05) is 7.11 Å². The Morgan fingerprint density at radius 2 is 1.52 bits per heavy atom. The number of carbonyl (C=O) groups is 1. The molecule has 3 nitrogen and oxygen atoms in total. The molecule has 1 heterocycles. The molecule has 0 N–H and O–H groups in total. The number of hydrogen-bond donors (Lipinski definition) is 0. The van der Waals surface area contributed by atoms with Crippen molar-refractivity contribution in [3.05, 3.63) is 17.7 Å². The molecule has 0 atom stereocenters. The Morgan fingerprint density at radius 3 is 1.91 bits per heavy atom. The summed E-state index contributed by atoms with van der Waals surface area (Å²) in [5, 5.41) is 0. The molecule has 0 amide bonds. The van der Waals surface area contributed by atoms with Crippen LogP contribution < -0.4 is 8.45 Å². The van der Waals surface area contributed by atoms with Crippen LogP contribution in [0.25, 0.3) is 0 Å². The molecule has 0 aliphatic carbocycles. The van der Waals surface area contributed by atoms with E-state index in [1.165, 1.54) is 55.5 Å². The molecular formula is C19H33NO2Sn. The van der Waals surface area contributed by atoms with Gasteiger partial charge in [-0.3, -0.25) is 0 Å². The molecule has 0 bridgehead atoms. The number of hydrogen-bond acceptors (Lipinski definition) is 3. The van der Waals surface area contributed by atoms with E-state index < -0.39 is 18.4 Å². The van der Waals surface area contributed by atoms with Crippen molar-refractivity contribution in [2.45, 2.75) is 72.6 Å². The van der Waals surface area contributed by atoms with Crippen LogP contribution in [0.2, 0.25) is 13.3 Å². The number of aromatic nitrogens is 1. The Bertz CT molecular complexity index is 455. The van der Waals surface area contributed by atoms with E-state index in [4.69, 9.17) is 9.72 Å². The Labute approximate surface area is 146 Å². The molecule has 1 rings (SSSR count). The van der Waals surface area contributed by atoms with Gasteiger partial charge >= 0.3 is 146 Å². The number of aldehydes is 1. The third kappa shape index (κ3) is 5.77. The van der Waals surface area contributed by atoms with Gasteiger partial charge < -0.3 is 0 Å². The van der Waals surface area contributed by atoms with Crippen molar-refractivity contribution in [1.29, 1.82) is 0 Å². The van der Waals surface area contributed by atoms with Crippen LogP contribution >= 0.6 is 0 Å². The second-order valence-corrected chi connectivity index (χ2v) is 19.4. The van der Waals surface area contributed by atoms with Crippen LogP contribution in [0, 0.1) is 0 Å². The number of ether oxygens (including phenoxy) is 1. The fraction of sp³-hybridized carbons (Fsp3) is 0.684. The quantitative estimate of drug-likeness (QED) is 0.351. The van der Waals surface area contributed by atoms with Gasteiger partial charge in [0.2, 0.25) is 0 Å². The summed E-state index contributed by atoms with van der Waals surface area (Å²) in [7, 11) is 1.66. The second-order valence-electron chi connectivity index (χ2n) is 6.50. The molecule has 4 heteroatoms. The average molecular weight is 426 g/mol. The van der Waals surface area contributed by atoms with Gasteiger partial charge in [-0.2, -0.15) is 0 Å². The molecule has 130 valence electrons. The van der Waals surface area contributed by atoms with E-state index >= 15 is 0 Å². The standard InChI is InChI=1S/C7H6NO2.3C4H9.Sn/c1-10-7-3-2-6(5-9)4-8-7;3*1-3-4-2;/h2-3,5H,1H3;3*1,3-4H2,2H3;. The molecular weight excluding hydrogens is 393 g/mol. The summed E-state index contributed by atoms with van der Waals surface area (Å²) in [6.45, 7) is 6.78. The van der Waals surface area contributed by atoms with E-state index in [-0.39, 0.29) is 0 Å². The molecule has 0 saturated carbocycles. The molecule has 23 heavy (non-hydrogen) atoms. The molecule has 1 aromatic heterocycles. The predicted octanol–water partition coefficient (Wildman–Crippen LogP) is 4.96. The number of pyridine rings is 1. The molecule has 0 unspecified atom stereocenters. The van der Waals surface area contributed by atoms with E-state index in [0.29, 0.717) is 5.88 Å². The zero-order valence-electron chi connectivity index (χ0n) is 15.4. The van der Waals surface area contributed by atoms with Gasteiger partial charge in [-0.15, -0.1) is 0 Å². The first-order valence-corrected chi connectivity index (χ1v) is 16.7. The van der Waals surface area contributed by atoms with Gasteiger partial charge in [0.25, 0.3) is 0 Å². The molecule has 0 spiro atoms. The van der Waals surface area contributed by atoms with Crippen LogP contribution in [0.3, 0.4) is 0 Å². The summed E-state index contributed by atoms with van der Waals surface area (Å²) < 4.78 is 10.5. The summed E-state index contributed by atoms with van der Waals surface area (Å²) in [5.74, 6) is 0.663. The van der Waals surface area contributed by atoms with E-state index in [0.717, 1.165) is 11.8 Å². The average Bonchev–Trinajstić information content (AvgIpc) is 2.61. The summed E-state index contributed by atoms with van der Waals surface area (Å²) in [5.41, 5.74) is 0.824. The van der Waals surface area contributed by atoms with Gasteiger partial charge in [0.15, 0.2) is 0 Å².